The summed E-state index contributed by atoms with van der Waals surface area (Å²) < 4.78 is 5.84. The van der Waals surface area contributed by atoms with Crippen molar-refractivity contribution in [3.8, 4) is 5.75 Å². The lowest BCUT2D eigenvalue weighted by atomic mass is 10.1. The number of aromatic nitrogens is 1. The molecule has 0 radical (unpaired) electrons. The van der Waals surface area contributed by atoms with Crippen LogP contribution in [-0.2, 0) is 13.0 Å². The summed E-state index contributed by atoms with van der Waals surface area (Å²) in [5.41, 5.74) is 9.76. The largest absolute Gasteiger partial charge is 0.489 e. The van der Waals surface area contributed by atoms with Crippen LogP contribution in [0.25, 0.3) is 0 Å². The van der Waals surface area contributed by atoms with Gasteiger partial charge in [0.15, 0.2) is 0 Å². The molecule has 0 aliphatic carbocycles. The summed E-state index contributed by atoms with van der Waals surface area (Å²) >= 11 is 0. The Morgan fingerprint density at radius 1 is 1.32 bits per heavy atom. The van der Waals surface area contributed by atoms with Crippen molar-refractivity contribution < 1.29 is 4.74 Å². The van der Waals surface area contributed by atoms with Gasteiger partial charge in [-0.1, -0.05) is 6.08 Å². The Balaban J connectivity index is 2.12. The number of pyridine rings is 1. The summed E-state index contributed by atoms with van der Waals surface area (Å²) in [4.78, 5) is 4.15. The Kier molecular flexibility index (Phi) is 4.18. The SMILES string of the molecule is C=CCc1cc(N)ccc1OCc1cncc(C)c1. The van der Waals surface area contributed by atoms with Gasteiger partial charge in [0, 0.05) is 23.6 Å². The predicted molar refractivity (Wildman–Crippen MR) is 78.1 cm³/mol. The summed E-state index contributed by atoms with van der Waals surface area (Å²) in [6.07, 6.45) is 6.23. The van der Waals surface area contributed by atoms with E-state index in [0.717, 1.165) is 34.5 Å². The number of benzene rings is 1. The maximum atomic E-state index is 5.84. The maximum absolute atomic E-state index is 5.84. The quantitative estimate of drug-likeness (QED) is 0.658. The third-order valence-corrected chi connectivity index (χ3v) is 2.77. The number of rotatable bonds is 5. The fraction of sp³-hybridized carbons (Fsp3) is 0.188. The second-order valence-electron chi connectivity index (χ2n) is 4.52. The molecule has 1 aromatic carbocycles. The van der Waals surface area contributed by atoms with Crippen LogP contribution in [0.5, 0.6) is 5.75 Å². The fourth-order valence-corrected chi connectivity index (χ4v) is 1.91. The minimum atomic E-state index is 0.503. The van der Waals surface area contributed by atoms with Gasteiger partial charge in [-0.25, -0.2) is 0 Å². The van der Waals surface area contributed by atoms with Gasteiger partial charge >= 0.3 is 0 Å². The standard InChI is InChI=1S/C16H18N2O/c1-3-4-14-8-15(17)5-6-16(14)19-11-13-7-12(2)9-18-10-13/h3,5-10H,1,4,11,17H2,2H3. The van der Waals surface area contributed by atoms with Crippen molar-refractivity contribution >= 4 is 5.69 Å². The van der Waals surface area contributed by atoms with E-state index in [2.05, 4.69) is 17.6 Å². The van der Waals surface area contributed by atoms with Crippen molar-refractivity contribution in [1.29, 1.82) is 0 Å². The molecule has 19 heavy (non-hydrogen) atoms. The molecule has 2 N–H and O–H groups in total. The average Bonchev–Trinajstić information content (AvgIpc) is 2.38. The van der Waals surface area contributed by atoms with Crippen LogP contribution < -0.4 is 10.5 Å². The van der Waals surface area contributed by atoms with E-state index >= 15 is 0 Å². The third kappa shape index (κ3) is 3.58. The van der Waals surface area contributed by atoms with E-state index in [9.17, 15) is 0 Å². The Labute approximate surface area is 113 Å². The van der Waals surface area contributed by atoms with Crippen LogP contribution >= 0.6 is 0 Å². The van der Waals surface area contributed by atoms with Gasteiger partial charge in [-0.05, 0) is 48.7 Å². The van der Waals surface area contributed by atoms with Crippen LogP contribution in [-0.4, -0.2) is 4.98 Å². The zero-order chi connectivity index (χ0) is 13.7. The highest BCUT2D eigenvalue weighted by Gasteiger charge is 2.04. The molecule has 0 aliphatic heterocycles. The highest BCUT2D eigenvalue weighted by Crippen LogP contribution is 2.23. The lowest BCUT2D eigenvalue weighted by Gasteiger charge is -2.11. The maximum Gasteiger partial charge on any atom is 0.123 e. The van der Waals surface area contributed by atoms with Crippen molar-refractivity contribution in [1.82, 2.24) is 4.98 Å². The first kappa shape index (κ1) is 13.1. The van der Waals surface area contributed by atoms with E-state index in [1.54, 1.807) is 0 Å². The van der Waals surface area contributed by atoms with Gasteiger partial charge in [0.2, 0.25) is 0 Å². The molecule has 0 bridgehead atoms. The summed E-state index contributed by atoms with van der Waals surface area (Å²) in [6.45, 7) is 6.27. The summed E-state index contributed by atoms with van der Waals surface area (Å²) in [7, 11) is 0. The average molecular weight is 254 g/mol. The molecule has 0 atom stereocenters. The van der Waals surface area contributed by atoms with E-state index in [1.807, 2.05) is 43.6 Å². The fourth-order valence-electron chi connectivity index (χ4n) is 1.91. The molecule has 0 saturated heterocycles. The molecule has 3 nitrogen and oxygen atoms in total. The van der Waals surface area contributed by atoms with Crippen molar-refractivity contribution in [2.24, 2.45) is 0 Å². The molecule has 2 rings (SSSR count). The number of ether oxygens (including phenoxy) is 1. The number of nitrogen functional groups attached to an aromatic ring is 1. The number of nitrogens with zero attached hydrogens (tertiary/aromatic N) is 1. The minimum Gasteiger partial charge on any atom is -0.489 e. The van der Waals surface area contributed by atoms with Crippen molar-refractivity contribution in [2.75, 3.05) is 5.73 Å². The zero-order valence-electron chi connectivity index (χ0n) is 11.1. The first-order valence-corrected chi connectivity index (χ1v) is 6.21. The van der Waals surface area contributed by atoms with Crippen LogP contribution in [0.1, 0.15) is 16.7 Å². The molecule has 0 amide bonds. The molecule has 0 fully saturated rings. The molecule has 1 aromatic heterocycles. The highest BCUT2D eigenvalue weighted by molar-refractivity contribution is 5.48. The van der Waals surface area contributed by atoms with Gasteiger partial charge < -0.3 is 10.5 Å². The van der Waals surface area contributed by atoms with Gasteiger partial charge in [0.25, 0.3) is 0 Å². The number of anilines is 1. The zero-order valence-corrected chi connectivity index (χ0v) is 11.1. The predicted octanol–water partition coefficient (Wildman–Crippen LogP) is 3.28. The molecule has 98 valence electrons. The second kappa shape index (κ2) is 6.05. The molecule has 3 heteroatoms. The van der Waals surface area contributed by atoms with Crippen LogP contribution in [0.4, 0.5) is 5.69 Å². The Hall–Kier alpha value is -2.29. The summed E-state index contributed by atoms with van der Waals surface area (Å²) in [6, 6.07) is 7.73. The first-order valence-electron chi connectivity index (χ1n) is 6.21. The van der Waals surface area contributed by atoms with Crippen molar-refractivity contribution in [3.63, 3.8) is 0 Å². The summed E-state index contributed by atoms with van der Waals surface area (Å²) in [5.74, 6) is 0.843. The van der Waals surface area contributed by atoms with Crippen molar-refractivity contribution in [2.45, 2.75) is 20.0 Å². The van der Waals surface area contributed by atoms with E-state index < -0.39 is 0 Å². The summed E-state index contributed by atoms with van der Waals surface area (Å²) in [5, 5.41) is 0. The van der Waals surface area contributed by atoms with Gasteiger partial charge in [-0.3, -0.25) is 4.98 Å². The number of hydrogen-bond donors (Lipinski definition) is 1. The van der Waals surface area contributed by atoms with Crippen LogP contribution in [0.3, 0.4) is 0 Å². The molecular formula is C16H18N2O. The van der Waals surface area contributed by atoms with Gasteiger partial charge in [0.1, 0.15) is 12.4 Å². The third-order valence-electron chi connectivity index (χ3n) is 2.77. The number of hydrogen-bond acceptors (Lipinski definition) is 3. The molecule has 0 saturated carbocycles. The van der Waals surface area contributed by atoms with Gasteiger partial charge in [0.05, 0.1) is 0 Å². The smallest absolute Gasteiger partial charge is 0.123 e. The van der Waals surface area contributed by atoms with Crippen molar-refractivity contribution in [3.05, 3.63) is 66.0 Å². The van der Waals surface area contributed by atoms with Gasteiger partial charge in [-0.15, -0.1) is 6.58 Å². The monoisotopic (exact) mass is 254 g/mol. The molecule has 2 aromatic rings. The minimum absolute atomic E-state index is 0.503. The van der Waals surface area contributed by atoms with Crippen LogP contribution in [0, 0.1) is 6.92 Å². The highest BCUT2D eigenvalue weighted by atomic mass is 16.5. The first-order chi connectivity index (χ1) is 9.19. The Bertz CT molecular complexity index is 579. The normalized spacial score (nSPS) is 10.2. The molecule has 0 aliphatic rings. The lowest BCUT2D eigenvalue weighted by molar-refractivity contribution is 0.303. The van der Waals surface area contributed by atoms with Crippen LogP contribution in [0.2, 0.25) is 0 Å². The van der Waals surface area contributed by atoms with E-state index in [-0.39, 0.29) is 0 Å². The molecule has 1 heterocycles. The second-order valence-corrected chi connectivity index (χ2v) is 4.52. The molecule has 0 unspecified atom stereocenters. The Morgan fingerprint density at radius 3 is 2.89 bits per heavy atom. The van der Waals surface area contributed by atoms with E-state index in [4.69, 9.17) is 10.5 Å². The van der Waals surface area contributed by atoms with E-state index in [0.29, 0.717) is 6.61 Å². The molecular weight excluding hydrogens is 236 g/mol. The van der Waals surface area contributed by atoms with Gasteiger partial charge in [-0.2, -0.15) is 0 Å². The number of nitrogens with two attached hydrogens (primary N) is 1. The number of aryl methyl sites for hydroxylation is 1. The Morgan fingerprint density at radius 2 is 2.16 bits per heavy atom. The van der Waals surface area contributed by atoms with Crippen LogP contribution in [0.15, 0.2) is 49.3 Å². The van der Waals surface area contributed by atoms with E-state index in [1.165, 1.54) is 0 Å². The lowest BCUT2D eigenvalue weighted by Crippen LogP contribution is -2.00. The molecule has 0 spiro atoms. The number of allylic oxidation sites excluding steroid dienone is 1. The topological polar surface area (TPSA) is 48.1 Å².